The van der Waals surface area contributed by atoms with Crippen LogP contribution < -0.4 is 0 Å². The highest BCUT2D eigenvalue weighted by molar-refractivity contribution is 7.65. The van der Waals surface area contributed by atoms with E-state index in [4.69, 9.17) is 0 Å². The average molecular weight is 235 g/mol. The normalized spacial score (nSPS) is 11.2. The van der Waals surface area contributed by atoms with E-state index in [0.717, 1.165) is 10.9 Å². The molecule has 0 aliphatic rings. The fourth-order valence-corrected chi connectivity index (χ4v) is 2.01. The highest BCUT2D eigenvalue weighted by Gasteiger charge is 2.07. The van der Waals surface area contributed by atoms with Crippen LogP contribution in [0.15, 0.2) is 24.4 Å². The van der Waals surface area contributed by atoms with E-state index in [1.165, 1.54) is 5.56 Å². The molecule has 0 spiro atoms. The van der Waals surface area contributed by atoms with Gasteiger partial charge in [-0.3, -0.25) is 4.68 Å². The highest BCUT2D eigenvalue weighted by Crippen LogP contribution is 2.21. The van der Waals surface area contributed by atoms with Crippen LogP contribution in [0.2, 0.25) is 0 Å². The van der Waals surface area contributed by atoms with Crippen LogP contribution >= 0.6 is 0 Å². The second kappa shape index (κ2) is 4.70. The van der Waals surface area contributed by atoms with Gasteiger partial charge in [0.05, 0.1) is 11.7 Å². The number of rotatable bonds is 4. The predicted octanol–water partition coefficient (Wildman–Crippen LogP) is 2.59. The second-order valence-electron chi connectivity index (χ2n) is 4.16. The summed E-state index contributed by atoms with van der Waals surface area (Å²) in [5.41, 5.74) is 2.43. The lowest BCUT2D eigenvalue weighted by molar-refractivity contribution is 0.598. The molecule has 0 aliphatic carbocycles. The summed E-state index contributed by atoms with van der Waals surface area (Å²) >= 11 is 0.606. The summed E-state index contributed by atoms with van der Waals surface area (Å²) in [5.74, 6) is 1.09. The standard InChI is InChI=1S/C12H15N2OS/c1-9(2)10-3-4-12-11(7-10)8-13-14(12)5-6-16-15/h3-4,7-9H,5-6H2,1-2H3/q+1. The molecule has 1 aromatic carbocycles. The molecule has 0 saturated carbocycles. The Bertz CT molecular complexity index is 505. The molecule has 3 nitrogen and oxygen atoms in total. The minimum atomic E-state index is 0.532. The molecule has 1 heterocycles. The molecule has 0 unspecified atom stereocenters. The molecule has 0 radical (unpaired) electrons. The van der Waals surface area contributed by atoms with Gasteiger partial charge in [0.1, 0.15) is 6.54 Å². The van der Waals surface area contributed by atoms with Crippen molar-refractivity contribution in [2.75, 3.05) is 5.75 Å². The second-order valence-corrected chi connectivity index (χ2v) is 4.81. The van der Waals surface area contributed by atoms with E-state index in [1.54, 1.807) is 0 Å². The lowest BCUT2D eigenvalue weighted by atomic mass is 10.0. The molecular formula is C12H15N2OS+. The lowest BCUT2D eigenvalue weighted by Crippen LogP contribution is -2.03. The molecule has 84 valence electrons. The van der Waals surface area contributed by atoms with Gasteiger partial charge >= 0.3 is 11.7 Å². The summed E-state index contributed by atoms with van der Waals surface area (Å²) in [7, 11) is 0. The molecule has 0 N–H and O–H groups in total. The first-order valence-corrected chi connectivity index (χ1v) is 6.33. The van der Waals surface area contributed by atoms with Crippen LogP contribution in [0.4, 0.5) is 0 Å². The molecule has 2 rings (SSSR count). The van der Waals surface area contributed by atoms with Crippen molar-refractivity contribution in [3.05, 3.63) is 30.0 Å². The molecule has 2 aromatic rings. The summed E-state index contributed by atoms with van der Waals surface area (Å²) in [6.45, 7) is 5.04. The molecular weight excluding hydrogens is 220 g/mol. The van der Waals surface area contributed by atoms with Crippen LogP contribution in [0.1, 0.15) is 25.3 Å². The first-order valence-electron chi connectivity index (χ1n) is 5.42. The van der Waals surface area contributed by atoms with Crippen LogP contribution in [0.5, 0.6) is 0 Å². The van der Waals surface area contributed by atoms with E-state index < -0.39 is 0 Å². The molecule has 0 bridgehead atoms. The zero-order valence-electron chi connectivity index (χ0n) is 9.51. The van der Waals surface area contributed by atoms with Gasteiger partial charge in [0.25, 0.3) is 0 Å². The summed E-state index contributed by atoms with van der Waals surface area (Å²) in [4.78, 5) is 0. The number of benzene rings is 1. The quantitative estimate of drug-likeness (QED) is 0.763. The first-order chi connectivity index (χ1) is 7.72. The fraction of sp³-hybridized carbons (Fsp3) is 0.417. The smallest absolute Gasteiger partial charge is 0.259 e. The zero-order chi connectivity index (χ0) is 11.5. The van der Waals surface area contributed by atoms with Gasteiger partial charge in [-0.25, -0.2) is 0 Å². The van der Waals surface area contributed by atoms with Crippen molar-refractivity contribution in [1.29, 1.82) is 0 Å². The number of hydrogen-bond donors (Lipinski definition) is 0. The van der Waals surface area contributed by atoms with Gasteiger partial charge in [0.15, 0.2) is 0 Å². The Hall–Kier alpha value is -1.29. The van der Waals surface area contributed by atoms with E-state index in [0.29, 0.717) is 29.9 Å². The van der Waals surface area contributed by atoms with Gasteiger partial charge < -0.3 is 0 Å². The van der Waals surface area contributed by atoms with Crippen LogP contribution in [-0.2, 0) is 22.4 Å². The molecule has 0 amide bonds. The van der Waals surface area contributed by atoms with E-state index >= 15 is 0 Å². The maximum Gasteiger partial charge on any atom is 0.460 e. The maximum atomic E-state index is 10.4. The third kappa shape index (κ3) is 2.11. The summed E-state index contributed by atoms with van der Waals surface area (Å²) in [6.07, 6.45) is 1.87. The van der Waals surface area contributed by atoms with Gasteiger partial charge in [-0.2, -0.15) is 5.10 Å². The zero-order valence-corrected chi connectivity index (χ0v) is 10.3. The summed E-state index contributed by atoms with van der Waals surface area (Å²) < 4.78 is 12.3. The Balaban J connectivity index is 2.38. The third-order valence-electron chi connectivity index (χ3n) is 2.72. The number of fused-ring (bicyclic) bond motifs is 1. The summed E-state index contributed by atoms with van der Waals surface area (Å²) in [6, 6.07) is 6.40. The van der Waals surface area contributed by atoms with Crippen LogP contribution in [-0.4, -0.2) is 15.5 Å². The molecule has 0 atom stereocenters. The van der Waals surface area contributed by atoms with Gasteiger partial charge in [0, 0.05) is 9.60 Å². The average Bonchev–Trinajstić information content (AvgIpc) is 2.68. The van der Waals surface area contributed by atoms with Crippen LogP contribution in [0.3, 0.4) is 0 Å². The van der Waals surface area contributed by atoms with E-state index in [9.17, 15) is 4.21 Å². The minimum absolute atomic E-state index is 0.532. The number of hydrogen-bond acceptors (Lipinski definition) is 2. The monoisotopic (exact) mass is 235 g/mol. The number of aryl methyl sites for hydroxylation is 1. The predicted molar refractivity (Wildman–Crippen MR) is 66.7 cm³/mol. The van der Waals surface area contributed by atoms with Crippen molar-refractivity contribution >= 4 is 22.6 Å². The van der Waals surface area contributed by atoms with E-state index in [2.05, 4.69) is 37.1 Å². The molecule has 0 fully saturated rings. The molecule has 0 saturated heterocycles. The van der Waals surface area contributed by atoms with Gasteiger partial charge in [-0.15, -0.1) is 0 Å². The van der Waals surface area contributed by atoms with Gasteiger partial charge in [-0.1, -0.05) is 19.9 Å². The molecule has 1 aromatic heterocycles. The first kappa shape index (κ1) is 11.2. The topological polar surface area (TPSA) is 34.9 Å². The molecule has 4 heteroatoms. The van der Waals surface area contributed by atoms with Gasteiger partial charge in [0.2, 0.25) is 5.75 Å². The van der Waals surface area contributed by atoms with Gasteiger partial charge in [-0.05, 0) is 23.6 Å². The third-order valence-corrected chi connectivity index (χ3v) is 3.07. The van der Waals surface area contributed by atoms with E-state index in [1.807, 2.05) is 10.9 Å². The summed E-state index contributed by atoms with van der Waals surface area (Å²) in [5, 5.41) is 5.45. The largest absolute Gasteiger partial charge is 0.460 e. The van der Waals surface area contributed by atoms with Crippen LogP contribution in [0.25, 0.3) is 10.9 Å². The lowest BCUT2D eigenvalue weighted by Gasteiger charge is -2.05. The number of aromatic nitrogens is 2. The Kier molecular flexibility index (Phi) is 3.29. The van der Waals surface area contributed by atoms with Crippen molar-refractivity contribution in [2.24, 2.45) is 0 Å². The van der Waals surface area contributed by atoms with Crippen molar-refractivity contribution < 1.29 is 4.21 Å². The Morgan fingerprint density at radius 3 is 2.94 bits per heavy atom. The minimum Gasteiger partial charge on any atom is -0.259 e. The Labute approximate surface area is 99.0 Å². The Morgan fingerprint density at radius 1 is 1.44 bits per heavy atom. The van der Waals surface area contributed by atoms with Crippen molar-refractivity contribution in [3.8, 4) is 0 Å². The van der Waals surface area contributed by atoms with E-state index in [-0.39, 0.29) is 0 Å². The van der Waals surface area contributed by atoms with Crippen molar-refractivity contribution in [1.82, 2.24) is 9.78 Å². The Morgan fingerprint density at radius 2 is 2.25 bits per heavy atom. The van der Waals surface area contributed by atoms with Crippen molar-refractivity contribution in [3.63, 3.8) is 0 Å². The number of nitrogens with zero attached hydrogens (tertiary/aromatic N) is 2. The molecule has 0 aliphatic heterocycles. The van der Waals surface area contributed by atoms with Crippen LogP contribution in [0, 0.1) is 0 Å². The maximum absolute atomic E-state index is 10.4. The molecule has 16 heavy (non-hydrogen) atoms. The fourth-order valence-electron chi connectivity index (χ4n) is 1.77. The SMILES string of the molecule is CC(C)c1ccc2c(cnn2CC[S+]=O)c1. The van der Waals surface area contributed by atoms with Crippen molar-refractivity contribution in [2.45, 2.75) is 26.3 Å². The highest BCUT2D eigenvalue weighted by atomic mass is 32.1.